The van der Waals surface area contributed by atoms with Crippen LogP contribution in [0.5, 0.6) is 0 Å². The number of alkyl halides is 3. The van der Waals surface area contributed by atoms with Gasteiger partial charge in [0.15, 0.2) is 5.69 Å². The summed E-state index contributed by atoms with van der Waals surface area (Å²) in [6.07, 6.45) is 2.41. The van der Waals surface area contributed by atoms with Crippen molar-refractivity contribution in [1.82, 2.24) is 20.4 Å². The Morgan fingerprint density at radius 2 is 1.83 bits per heavy atom. The van der Waals surface area contributed by atoms with Gasteiger partial charge in [-0.25, -0.2) is 0 Å². The number of nitrogens with zero attached hydrogens (tertiary/aromatic N) is 2. The number of amides is 2. The lowest BCUT2D eigenvalue weighted by molar-refractivity contribution is -0.142. The summed E-state index contributed by atoms with van der Waals surface area (Å²) >= 11 is 1.41. The minimum absolute atomic E-state index is 0.192. The van der Waals surface area contributed by atoms with Crippen molar-refractivity contribution in [2.45, 2.75) is 70.5 Å². The first kappa shape index (κ1) is 24.3. The third-order valence-corrected chi connectivity index (χ3v) is 8.39. The number of aromatic nitrogens is 2. The summed E-state index contributed by atoms with van der Waals surface area (Å²) < 4.78 is 41.7. The largest absolute Gasteiger partial charge is 0.435 e. The van der Waals surface area contributed by atoms with Gasteiger partial charge < -0.3 is 16.0 Å². The van der Waals surface area contributed by atoms with Gasteiger partial charge in [0.1, 0.15) is 11.5 Å². The Morgan fingerprint density at radius 3 is 2.57 bits per heavy atom. The van der Waals surface area contributed by atoms with Crippen molar-refractivity contribution in [1.29, 1.82) is 0 Å². The van der Waals surface area contributed by atoms with Crippen molar-refractivity contribution in [2.75, 3.05) is 25.0 Å². The van der Waals surface area contributed by atoms with E-state index in [1.54, 1.807) is 0 Å². The summed E-state index contributed by atoms with van der Waals surface area (Å²) in [6.45, 7) is 2.09. The number of carbonyl (C=O) groups is 2. The molecule has 0 aromatic carbocycles. The van der Waals surface area contributed by atoms with E-state index in [2.05, 4.69) is 21.0 Å². The van der Waals surface area contributed by atoms with E-state index in [9.17, 15) is 22.8 Å². The van der Waals surface area contributed by atoms with Gasteiger partial charge in [0.25, 0.3) is 5.91 Å². The van der Waals surface area contributed by atoms with E-state index in [4.69, 9.17) is 0 Å². The molecule has 5 rings (SSSR count). The molecule has 2 aromatic heterocycles. The fourth-order valence-corrected chi connectivity index (χ4v) is 6.74. The maximum absolute atomic E-state index is 13.5. The molecule has 1 saturated heterocycles. The first-order valence-corrected chi connectivity index (χ1v) is 13.2. The van der Waals surface area contributed by atoms with Crippen LogP contribution >= 0.6 is 11.3 Å². The van der Waals surface area contributed by atoms with Gasteiger partial charge in [-0.15, -0.1) is 11.3 Å². The SMILES string of the molecule is O=C(Cn1nc(C(F)(F)F)c2c1CCCC2)Nc1sc2c(c1C(=O)NCC1CCNC1)CCCC2. The Hall–Kier alpha value is -2.40. The molecule has 3 N–H and O–H groups in total. The Morgan fingerprint density at radius 1 is 1.09 bits per heavy atom. The molecule has 7 nitrogen and oxygen atoms in total. The van der Waals surface area contributed by atoms with Crippen molar-refractivity contribution < 1.29 is 22.8 Å². The molecular formula is C24H30F3N5O2S. The lowest BCUT2D eigenvalue weighted by Crippen LogP contribution is -2.31. The van der Waals surface area contributed by atoms with Crippen LogP contribution in [0.15, 0.2) is 0 Å². The van der Waals surface area contributed by atoms with Crippen LogP contribution in [-0.2, 0) is 43.2 Å². The van der Waals surface area contributed by atoms with Gasteiger partial charge in [-0.1, -0.05) is 0 Å². The smallest absolute Gasteiger partial charge is 0.352 e. The highest BCUT2D eigenvalue weighted by molar-refractivity contribution is 7.17. The fourth-order valence-electron chi connectivity index (χ4n) is 5.44. The molecule has 3 heterocycles. The molecule has 190 valence electrons. The van der Waals surface area contributed by atoms with E-state index >= 15 is 0 Å². The average molecular weight is 510 g/mol. The lowest BCUT2D eigenvalue weighted by atomic mass is 9.95. The first-order chi connectivity index (χ1) is 16.8. The standard InChI is InChI=1S/C24H30F3N5O2S/c25-24(26,27)21-15-5-1-3-7-17(15)32(31-21)13-19(33)30-23-20(16-6-2-4-8-18(16)35-23)22(34)29-12-14-9-10-28-11-14/h14,28H,1-13H2,(H,29,34)(H,30,33). The third kappa shape index (κ3) is 5.11. The first-order valence-electron chi connectivity index (χ1n) is 12.4. The number of anilines is 1. The molecule has 0 bridgehead atoms. The highest BCUT2D eigenvalue weighted by Gasteiger charge is 2.39. The molecule has 0 radical (unpaired) electrons. The minimum atomic E-state index is -4.55. The van der Waals surface area contributed by atoms with E-state index in [1.165, 1.54) is 16.0 Å². The Bertz CT molecular complexity index is 1120. The Kier molecular flexibility index (Phi) is 6.89. The van der Waals surface area contributed by atoms with Crippen molar-refractivity contribution >= 4 is 28.2 Å². The summed E-state index contributed by atoms with van der Waals surface area (Å²) in [7, 11) is 0. The molecule has 0 spiro atoms. The predicted octanol–water partition coefficient (Wildman–Crippen LogP) is 3.70. The molecule has 35 heavy (non-hydrogen) atoms. The van der Waals surface area contributed by atoms with Gasteiger partial charge >= 0.3 is 6.18 Å². The minimum Gasteiger partial charge on any atom is -0.352 e. The van der Waals surface area contributed by atoms with E-state index in [0.29, 0.717) is 48.0 Å². The van der Waals surface area contributed by atoms with Crippen LogP contribution in [0.1, 0.15) is 69.9 Å². The number of nitrogens with one attached hydrogen (secondary N) is 3. The zero-order chi connectivity index (χ0) is 24.6. The average Bonchev–Trinajstić information content (AvgIpc) is 3.55. The van der Waals surface area contributed by atoms with Crippen LogP contribution in [0.25, 0.3) is 0 Å². The zero-order valence-electron chi connectivity index (χ0n) is 19.5. The number of thiophene rings is 1. The summed E-state index contributed by atoms with van der Waals surface area (Å²) in [5.41, 5.74) is 1.34. The highest BCUT2D eigenvalue weighted by Crippen LogP contribution is 2.39. The van der Waals surface area contributed by atoms with E-state index in [0.717, 1.165) is 62.1 Å². The number of aryl methyl sites for hydroxylation is 1. The highest BCUT2D eigenvalue weighted by atomic mass is 32.1. The fraction of sp³-hybridized carbons (Fsp3) is 0.625. The van der Waals surface area contributed by atoms with E-state index < -0.39 is 17.8 Å². The maximum atomic E-state index is 13.5. The predicted molar refractivity (Wildman–Crippen MR) is 127 cm³/mol. The molecule has 2 aromatic rings. The van der Waals surface area contributed by atoms with Crippen LogP contribution in [0.4, 0.5) is 18.2 Å². The van der Waals surface area contributed by atoms with Crippen LogP contribution in [0, 0.1) is 5.92 Å². The summed E-state index contributed by atoms with van der Waals surface area (Å²) in [6, 6.07) is 0. The summed E-state index contributed by atoms with van der Waals surface area (Å²) in [5.74, 6) is -0.273. The van der Waals surface area contributed by atoms with Crippen LogP contribution in [0.2, 0.25) is 0 Å². The molecule has 2 aliphatic carbocycles. The monoisotopic (exact) mass is 509 g/mol. The normalized spacial score (nSPS) is 19.8. The van der Waals surface area contributed by atoms with Crippen LogP contribution in [-0.4, -0.2) is 41.2 Å². The van der Waals surface area contributed by atoms with Crippen molar-refractivity contribution in [3.8, 4) is 0 Å². The molecule has 1 aliphatic heterocycles. The second-order valence-electron chi connectivity index (χ2n) is 9.67. The second kappa shape index (κ2) is 9.93. The summed E-state index contributed by atoms with van der Waals surface area (Å²) in [5, 5.41) is 13.4. The van der Waals surface area contributed by atoms with Crippen LogP contribution in [0.3, 0.4) is 0 Å². The number of carbonyl (C=O) groups excluding carboxylic acids is 2. The molecule has 1 atom stereocenters. The quantitative estimate of drug-likeness (QED) is 0.554. The van der Waals surface area contributed by atoms with Gasteiger partial charge in [-0.3, -0.25) is 14.3 Å². The van der Waals surface area contributed by atoms with Crippen molar-refractivity contribution in [3.63, 3.8) is 0 Å². The molecule has 1 unspecified atom stereocenters. The Labute approximate surface area is 205 Å². The molecule has 11 heteroatoms. The molecule has 2 amide bonds. The van der Waals surface area contributed by atoms with Crippen molar-refractivity contribution in [2.24, 2.45) is 5.92 Å². The maximum Gasteiger partial charge on any atom is 0.435 e. The van der Waals surface area contributed by atoms with Gasteiger partial charge in [0.05, 0.1) is 5.56 Å². The second-order valence-corrected chi connectivity index (χ2v) is 10.8. The third-order valence-electron chi connectivity index (χ3n) is 7.18. The van der Waals surface area contributed by atoms with Crippen LogP contribution < -0.4 is 16.0 Å². The zero-order valence-corrected chi connectivity index (χ0v) is 20.3. The number of hydrogen-bond acceptors (Lipinski definition) is 5. The molecular weight excluding hydrogens is 479 g/mol. The number of halogens is 3. The summed E-state index contributed by atoms with van der Waals surface area (Å²) in [4.78, 5) is 27.3. The van der Waals surface area contributed by atoms with Crippen molar-refractivity contribution in [3.05, 3.63) is 33.0 Å². The Balaban J connectivity index is 1.35. The van der Waals surface area contributed by atoms with Gasteiger partial charge in [-0.2, -0.15) is 18.3 Å². The number of hydrogen-bond donors (Lipinski definition) is 3. The van der Waals surface area contributed by atoms with E-state index in [1.807, 2.05) is 0 Å². The molecule has 0 saturated carbocycles. The number of fused-ring (bicyclic) bond motifs is 2. The molecule has 1 fully saturated rings. The van der Waals surface area contributed by atoms with E-state index in [-0.39, 0.29) is 18.0 Å². The van der Waals surface area contributed by atoms with Gasteiger partial charge in [0.2, 0.25) is 5.91 Å². The number of rotatable bonds is 6. The van der Waals surface area contributed by atoms with Gasteiger partial charge in [0, 0.05) is 22.7 Å². The lowest BCUT2D eigenvalue weighted by Gasteiger charge is -2.15. The topological polar surface area (TPSA) is 88.0 Å². The molecule has 3 aliphatic rings. The van der Waals surface area contributed by atoms with Gasteiger partial charge in [-0.05, 0) is 82.4 Å².